The van der Waals surface area contributed by atoms with Gasteiger partial charge < -0.3 is 24.2 Å². The molecule has 0 aliphatic carbocycles. The van der Waals surface area contributed by atoms with Crippen LogP contribution in [0.25, 0.3) is 0 Å². The highest BCUT2D eigenvalue weighted by molar-refractivity contribution is 5.45. The maximum atomic E-state index is 10.4. The minimum absolute atomic E-state index is 0.258. The van der Waals surface area contributed by atoms with Gasteiger partial charge in [0.2, 0.25) is 6.79 Å². The van der Waals surface area contributed by atoms with Gasteiger partial charge in [0.15, 0.2) is 11.5 Å². The van der Waals surface area contributed by atoms with Crippen molar-refractivity contribution in [1.82, 2.24) is 4.90 Å². The highest BCUT2D eigenvalue weighted by atomic mass is 16.7. The van der Waals surface area contributed by atoms with E-state index in [-0.39, 0.29) is 6.79 Å². The van der Waals surface area contributed by atoms with Crippen LogP contribution in [-0.4, -0.2) is 49.6 Å². The lowest BCUT2D eigenvalue weighted by Gasteiger charge is -2.28. The van der Waals surface area contributed by atoms with Gasteiger partial charge in [-0.1, -0.05) is 6.07 Å². The van der Waals surface area contributed by atoms with Crippen molar-refractivity contribution in [3.63, 3.8) is 0 Å². The number of nitrogens with zero attached hydrogens (tertiary/aromatic N) is 1. The molecule has 1 aromatic carbocycles. The summed E-state index contributed by atoms with van der Waals surface area (Å²) < 4.78 is 16.4. The lowest BCUT2D eigenvalue weighted by molar-refractivity contribution is -0.00796. The van der Waals surface area contributed by atoms with Gasteiger partial charge in [-0.05, 0) is 44.0 Å². The predicted molar refractivity (Wildman–Crippen MR) is 78.6 cm³/mol. The fourth-order valence-electron chi connectivity index (χ4n) is 2.89. The zero-order valence-electron chi connectivity index (χ0n) is 12.5. The Labute approximate surface area is 125 Å². The number of benzene rings is 1. The average molecular weight is 293 g/mol. The monoisotopic (exact) mass is 293 g/mol. The molecule has 2 unspecified atom stereocenters. The van der Waals surface area contributed by atoms with E-state index in [9.17, 15) is 5.11 Å². The standard InChI is InChI=1S/C16H23NO4/c1-17(9-13-4-2-3-7-19-13)10-14(18)12-5-6-15-16(8-12)21-11-20-15/h5-6,8,13-14,18H,2-4,7,9-11H2,1H3. The Morgan fingerprint density at radius 3 is 2.95 bits per heavy atom. The molecular formula is C16H23NO4. The summed E-state index contributed by atoms with van der Waals surface area (Å²) in [5.74, 6) is 1.46. The van der Waals surface area contributed by atoms with Gasteiger partial charge in [0.25, 0.3) is 0 Å². The zero-order valence-corrected chi connectivity index (χ0v) is 12.5. The summed E-state index contributed by atoms with van der Waals surface area (Å²) in [5.41, 5.74) is 0.857. The van der Waals surface area contributed by atoms with Crippen molar-refractivity contribution < 1.29 is 19.3 Å². The van der Waals surface area contributed by atoms with Crippen LogP contribution in [0.15, 0.2) is 18.2 Å². The predicted octanol–water partition coefficient (Wildman–Crippen LogP) is 1.95. The molecule has 2 aliphatic rings. The molecular weight excluding hydrogens is 270 g/mol. The van der Waals surface area contributed by atoms with E-state index >= 15 is 0 Å². The highest BCUT2D eigenvalue weighted by Gasteiger charge is 2.20. The first-order valence-electron chi connectivity index (χ1n) is 7.60. The van der Waals surface area contributed by atoms with Gasteiger partial charge >= 0.3 is 0 Å². The third-order valence-corrected chi connectivity index (χ3v) is 4.06. The Balaban J connectivity index is 1.54. The molecule has 0 aromatic heterocycles. The van der Waals surface area contributed by atoms with Crippen LogP contribution < -0.4 is 9.47 Å². The van der Waals surface area contributed by atoms with Crippen molar-refractivity contribution in [3.8, 4) is 11.5 Å². The summed E-state index contributed by atoms with van der Waals surface area (Å²) in [4.78, 5) is 2.13. The quantitative estimate of drug-likeness (QED) is 0.899. The average Bonchev–Trinajstić information content (AvgIpc) is 2.95. The molecule has 3 rings (SSSR count). The van der Waals surface area contributed by atoms with Crippen molar-refractivity contribution in [2.75, 3.05) is 33.5 Å². The van der Waals surface area contributed by atoms with Crippen molar-refractivity contribution in [1.29, 1.82) is 0 Å². The van der Waals surface area contributed by atoms with Crippen LogP contribution in [0.2, 0.25) is 0 Å². The molecule has 0 saturated carbocycles. The van der Waals surface area contributed by atoms with E-state index in [4.69, 9.17) is 14.2 Å². The van der Waals surface area contributed by atoms with E-state index in [2.05, 4.69) is 4.90 Å². The van der Waals surface area contributed by atoms with E-state index in [1.165, 1.54) is 12.8 Å². The van der Waals surface area contributed by atoms with Crippen LogP contribution in [0.5, 0.6) is 11.5 Å². The van der Waals surface area contributed by atoms with Crippen LogP contribution in [-0.2, 0) is 4.74 Å². The summed E-state index contributed by atoms with van der Waals surface area (Å²) in [7, 11) is 2.02. The second-order valence-electron chi connectivity index (χ2n) is 5.84. The van der Waals surface area contributed by atoms with E-state index in [1.54, 1.807) is 0 Å². The second-order valence-corrected chi connectivity index (χ2v) is 5.84. The van der Waals surface area contributed by atoms with E-state index in [1.807, 2.05) is 25.2 Å². The molecule has 21 heavy (non-hydrogen) atoms. The molecule has 1 fully saturated rings. The molecule has 1 saturated heterocycles. The molecule has 0 spiro atoms. The fraction of sp³-hybridized carbons (Fsp3) is 0.625. The Bertz CT molecular complexity index is 473. The van der Waals surface area contributed by atoms with Crippen molar-refractivity contribution in [2.45, 2.75) is 31.5 Å². The van der Waals surface area contributed by atoms with Crippen LogP contribution in [0.4, 0.5) is 0 Å². The van der Waals surface area contributed by atoms with E-state index < -0.39 is 6.10 Å². The summed E-state index contributed by atoms with van der Waals surface area (Å²) >= 11 is 0. The van der Waals surface area contributed by atoms with Crippen LogP contribution in [0.3, 0.4) is 0 Å². The van der Waals surface area contributed by atoms with E-state index in [0.717, 1.165) is 30.9 Å². The first kappa shape index (κ1) is 14.6. The SMILES string of the molecule is CN(CC1CCCCO1)CC(O)c1ccc2c(c1)OCO2. The lowest BCUT2D eigenvalue weighted by Crippen LogP contribution is -2.35. The number of aliphatic hydroxyl groups is 1. The van der Waals surface area contributed by atoms with Crippen LogP contribution in [0, 0.1) is 0 Å². The van der Waals surface area contributed by atoms with Crippen LogP contribution >= 0.6 is 0 Å². The summed E-state index contributed by atoms with van der Waals surface area (Å²) in [6.07, 6.45) is 3.29. The van der Waals surface area contributed by atoms with Crippen LogP contribution in [0.1, 0.15) is 30.9 Å². The molecule has 1 aromatic rings. The third-order valence-electron chi connectivity index (χ3n) is 4.06. The van der Waals surface area contributed by atoms with Gasteiger partial charge in [0, 0.05) is 19.7 Å². The maximum Gasteiger partial charge on any atom is 0.231 e. The number of likely N-dealkylation sites (N-methyl/N-ethyl adjacent to an activating group) is 1. The minimum atomic E-state index is -0.534. The zero-order chi connectivity index (χ0) is 14.7. The minimum Gasteiger partial charge on any atom is -0.454 e. The number of ether oxygens (including phenoxy) is 3. The normalized spacial score (nSPS) is 22.5. The molecule has 0 amide bonds. The molecule has 0 radical (unpaired) electrons. The highest BCUT2D eigenvalue weighted by Crippen LogP contribution is 2.34. The Morgan fingerprint density at radius 2 is 2.14 bits per heavy atom. The smallest absolute Gasteiger partial charge is 0.231 e. The number of aliphatic hydroxyl groups excluding tert-OH is 1. The second kappa shape index (κ2) is 6.64. The third kappa shape index (κ3) is 3.67. The van der Waals surface area contributed by atoms with Crippen molar-refractivity contribution in [3.05, 3.63) is 23.8 Å². The molecule has 2 atom stereocenters. The first-order chi connectivity index (χ1) is 10.2. The molecule has 1 N–H and O–H groups in total. The number of fused-ring (bicyclic) bond motifs is 1. The number of rotatable bonds is 5. The van der Waals surface area contributed by atoms with Gasteiger partial charge in [-0.2, -0.15) is 0 Å². The summed E-state index contributed by atoms with van der Waals surface area (Å²) in [6, 6.07) is 5.60. The number of hydrogen-bond acceptors (Lipinski definition) is 5. The fourth-order valence-corrected chi connectivity index (χ4v) is 2.89. The maximum absolute atomic E-state index is 10.4. The Kier molecular flexibility index (Phi) is 4.63. The van der Waals surface area contributed by atoms with E-state index in [0.29, 0.717) is 18.4 Å². The molecule has 5 heteroatoms. The molecule has 5 nitrogen and oxygen atoms in total. The van der Waals surface area contributed by atoms with Crippen molar-refractivity contribution >= 4 is 0 Å². The molecule has 2 aliphatic heterocycles. The van der Waals surface area contributed by atoms with Gasteiger partial charge in [-0.25, -0.2) is 0 Å². The van der Waals surface area contributed by atoms with Gasteiger partial charge in [0.05, 0.1) is 12.2 Å². The number of hydrogen-bond donors (Lipinski definition) is 1. The molecule has 0 bridgehead atoms. The topological polar surface area (TPSA) is 51.2 Å². The summed E-state index contributed by atoms with van der Waals surface area (Å²) in [6.45, 7) is 2.57. The largest absolute Gasteiger partial charge is 0.454 e. The first-order valence-corrected chi connectivity index (χ1v) is 7.60. The van der Waals surface area contributed by atoms with Gasteiger partial charge in [-0.3, -0.25) is 0 Å². The molecule has 2 heterocycles. The van der Waals surface area contributed by atoms with Gasteiger partial charge in [0.1, 0.15) is 0 Å². The lowest BCUT2D eigenvalue weighted by atomic mass is 10.1. The summed E-state index contributed by atoms with van der Waals surface area (Å²) in [5, 5.41) is 10.4. The van der Waals surface area contributed by atoms with Gasteiger partial charge in [-0.15, -0.1) is 0 Å². The molecule has 116 valence electrons. The Hall–Kier alpha value is -1.30. The Morgan fingerprint density at radius 1 is 1.29 bits per heavy atom. The van der Waals surface area contributed by atoms with Crippen molar-refractivity contribution in [2.24, 2.45) is 0 Å².